The van der Waals surface area contributed by atoms with Crippen LogP contribution in [0.15, 0.2) is 79.0 Å². The van der Waals surface area contributed by atoms with Crippen molar-refractivity contribution < 1.29 is 4.79 Å². The molecule has 2 aromatic carbocycles. The number of nitrogens with zero attached hydrogens (tertiary/aromatic N) is 1. The van der Waals surface area contributed by atoms with E-state index in [1.165, 1.54) is 0 Å². The minimum Gasteiger partial charge on any atom is -0.288 e. The van der Waals surface area contributed by atoms with Crippen molar-refractivity contribution in [3.05, 3.63) is 101 Å². The van der Waals surface area contributed by atoms with E-state index < -0.39 is 0 Å². The first-order valence-electron chi connectivity index (χ1n) is 7.21. The maximum atomic E-state index is 12.9. The third kappa shape index (κ3) is 1.89. The van der Waals surface area contributed by atoms with Crippen LogP contribution < -0.4 is 0 Å². The summed E-state index contributed by atoms with van der Waals surface area (Å²) in [6.45, 7) is 0. The van der Waals surface area contributed by atoms with Crippen molar-refractivity contribution in [1.82, 2.24) is 4.98 Å². The Bertz CT molecular complexity index is 880. The van der Waals surface area contributed by atoms with E-state index in [1.807, 2.05) is 72.8 Å². The Labute approximate surface area is 128 Å². The fraction of sp³-hybridized carbons (Fsp3) is 0. The molecule has 0 aliphatic heterocycles. The second kappa shape index (κ2) is 5.08. The average molecular weight is 283 g/mol. The van der Waals surface area contributed by atoms with Gasteiger partial charge in [-0.3, -0.25) is 9.78 Å². The first-order chi connectivity index (χ1) is 10.9. The van der Waals surface area contributed by atoms with Crippen LogP contribution in [0.4, 0.5) is 0 Å². The van der Waals surface area contributed by atoms with Crippen molar-refractivity contribution in [2.75, 3.05) is 0 Å². The number of hydrogen-bond donors (Lipinski definition) is 0. The van der Waals surface area contributed by atoms with Gasteiger partial charge in [0.2, 0.25) is 0 Å². The number of fused-ring (bicyclic) bond motifs is 1. The molecule has 0 saturated carbocycles. The third-order valence-corrected chi connectivity index (χ3v) is 3.90. The Hall–Kier alpha value is -3.00. The molecule has 1 aromatic heterocycles. The summed E-state index contributed by atoms with van der Waals surface area (Å²) in [4.78, 5) is 17.3. The van der Waals surface area contributed by atoms with Gasteiger partial charge in [0.25, 0.3) is 0 Å². The molecule has 0 spiro atoms. The van der Waals surface area contributed by atoms with E-state index in [4.69, 9.17) is 0 Å². The Balaban J connectivity index is 2.05. The highest BCUT2D eigenvalue weighted by atomic mass is 16.1. The largest absolute Gasteiger partial charge is 0.288 e. The number of hydrogen-bond acceptors (Lipinski definition) is 2. The Kier molecular flexibility index (Phi) is 2.94. The minimum atomic E-state index is 0.0492. The monoisotopic (exact) mass is 283 g/mol. The summed E-state index contributed by atoms with van der Waals surface area (Å²) < 4.78 is 0. The number of carbonyl (C=O) groups excluding carboxylic acids is 1. The van der Waals surface area contributed by atoms with E-state index in [0.717, 1.165) is 28.0 Å². The summed E-state index contributed by atoms with van der Waals surface area (Å²) in [6.07, 6.45) is 1.72. The lowest BCUT2D eigenvalue weighted by Gasteiger charge is -2.07. The number of benzene rings is 2. The summed E-state index contributed by atoms with van der Waals surface area (Å²) in [5, 5.41) is 0. The number of Topliss-reactive ketones (excluding diaryl/α,β-unsaturated/α-hetero) is 1. The van der Waals surface area contributed by atoms with Gasteiger partial charge >= 0.3 is 0 Å². The van der Waals surface area contributed by atoms with Gasteiger partial charge in [0.1, 0.15) is 0 Å². The Morgan fingerprint density at radius 3 is 2.05 bits per heavy atom. The fourth-order valence-corrected chi connectivity index (χ4v) is 2.94. The second-order valence-electron chi connectivity index (χ2n) is 5.21. The molecule has 0 unspecified atom stereocenters. The van der Waals surface area contributed by atoms with E-state index >= 15 is 0 Å². The van der Waals surface area contributed by atoms with E-state index in [-0.39, 0.29) is 5.78 Å². The molecule has 2 heteroatoms. The molecule has 0 atom stereocenters. The van der Waals surface area contributed by atoms with Crippen LogP contribution in [0.1, 0.15) is 27.2 Å². The predicted octanol–water partition coefficient (Wildman–Crippen LogP) is 4.24. The number of allylic oxidation sites excluding steroid dienone is 1. The first-order valence-corrected chi connectivity index (χ1v) is 7.21. The minimum absolute atomic E-state index is 0.0492. The molecule has 0 radical (unpaired) electrons. The third-order valence-electron chi connectivity index (χ3n) is 3.90. The van der Waals surface area contributed by atoms with E-state index in [0.29, 0.717) is 5.57 Å². The van der Waals surface area contributed by atoms with Gasteiger partial charge in [-0.1, -0.05) is 60.7 Å². The zero-order valence-electron chi connectivity index (χ0n) is 11.9. The summed E-state index contributed by atoms with van der Waals surface area (Å²) in [7, 11) is 0. The van der Waals surface area contributed by atoms with Gasteiger partial charge in [-0.15, -0.1) is 0 Å². The molecule has 4 rings (SSSR count). The van der Waals surface area contributed by atoms with Gasteiger partial charge in [0.15, 0.2) is 5.78 Å². The molecule has 2 nitrogen and oxygen atoms in total. The number of ketones is 1. The maximum absolute atomic E-state index is 12.9. The molecule has 0 bridgehead atoms. The number of rotatable bonds is 2. The van der Waals surface area contributed by atoms with E-state index in [1.54, 1.807) is 6.20 Å². The number of aromatic nitrogens is 1. The van der Waals surface area contributed by atoms with Gasteiger partial charge in [0, 0.05) is 17.3 Å². The first kappa shape index (κ1) is 12.7. The predicted molar refractivity (Wildman–Crippen MR) is 87.4 cm³/mol. The fourth-order valence-electron chi connectivity index (χ4n) is 2.94. The standard InChI is InChI=1S/C20H13NO/c22-20-16-11-5-4-10-15(16)18(14-8-2-1-3-9-14)19(20)17-12-6-7-13-21-17/h1-13H. The lowest BCUT2D eigenvalue weighted by atomic mass is 9.96. The smallest absolute Gasteiger partial charge is 0.196 e. The second-order valence-corrected chi connectivity index (χ2v) is 5.21. The lowest BCUT2D eigenvalue weighted by Crippen LogP contribution is -2.00. The van der Waals surface area contributed by atoms with Crippen LogP contribution in [-0.2, 0) is 0 Å². The number of carbonyl (C=O) groups is 1. The van der Waals surface area contributed by atoms with E-state index in [9.17, 15) is 4.79 Å². The Morgan fingerprint density at radius 2 is 1.32 bits per heavy atom. The molecule has 3 aromatic rings. The van der Waals surface area contributed by atoms with Crippen LogP contribution >= 0.6 is 0 Å². The molecule has 0 amide bonds. The van der Waals surface area contributed by atoms with Crippen LogP contribution in [0.25, 0.3) is 11.1 Å². The normalized spacial score (nSPS) is 13.4. The topological polar surface area (TPSA) is 30.0 Å². The summed E-state index contributed by atoms with van der Waals surface area (Å²) >= 11 is 0. The summed E-state index contributed by atoms with van der Waals surface area (Å²) in [5.41, 5.74) is 5.17. The zero-order valence-corrected chi connectivity index (χ0v) is 11.9. The molecular weight excluding hydrogens is 270 g/mol. The van der Waals surface area contributed by atoms with Crippen LogP contribution in [0.5, 0.6) is 0 Å². The molecule has 0 N–H and O–H groups in total. The van der Waals surface area contributed by atoms with Crippen LogP contribution in [0.3, 0.4) is 0 Å². The van der Waals surface area contributed by atoms with Crippen molar-refractivity contribution >= 4 is 16.9 Å². The highest BCUT2D eigenvalue weighted by Crippen LogP contribution is 2.41. The number of pyridine rings is 1. The molecule has 1 aliphatic rings. The SMILES string of the molecule is O=C1C(c2ccccn2)=C(c2ccccc2)c2ccccc21. The van der Waals surface area contributed by atoms with Gasteiger partial charge in [-0.25, -0.2) is 0 Å². The van der Waals surface area contributed by atoms with Gasteiger partial charge in [-0.2, -0.15) is 0 Å². The van der Waals surface area contributed by atoms with Crippen molar-refractivity contribution in [1.29, 1.82) is 0 Å². The van der Waals surface area contributed by atoms with Crippen molar-refractivity contribution in [2.24, 2.45) is 0 Å². The molecule has 0 fully saturated rings. The zero-order chi connectivity index (χ0) is 14.9. The van der Waals surface area contributed by atoms with Gasteiger partial charge in [0.05, 0.1) is 11.3 Å². The highest BCUT2D eigenvalue weighted by Gasteiger charge is 2.31. The van der Waals surface area contributed by atoms with Crippen molar-refractivity contribution in [3.8, 4) is 0 Å². The van der Waals surface area contributed by atoms with Crippen molar-refractivity contribution in [3.63, 3.8) is 0 Å². The highest BCUT2D eigenvalue weighted by molar-refractivity contribution is 6.41. The van der Waals surface area contributed by atoms with Crippen molar-refractivity contribution in [2.45, 2.75) is 0 Å². The molecule has 22 heavy (non-hydrogen) atoms. The molecule has 104 valence electrons. The lowest BCUT2D eigenvalue weighted by molar-refractivity contribution is 0.105. The molecule has 1 aliphatic carbocycles. The van der Waals surface area contributed by atoms with Gasteiger partial charge < -0.3 is 0 Å². The summed E-state index contributed by atoms with van der Waals surface area (Å²) in [5.74, 6) is 0.0492. The van der Waals surface area contributed by atoms with Crippen LogP contribution in [0.2, 0.25) is 0 Å². The summed E-state index contributed by atoms with van der Waals surface area (Å²) in [6, 6.07) is 23.5. The molecule has 0 saturated heterocycles. The van der Waals surface area contributed by atoms with E-state index in [2.05, 4.69) is 4.98 Å². The Morgan fingerprint density at radius 1 is 0.636 bits per heavy atom. The van der Waals surface area contributed by atoms with Crippen LogP contribution in [-0.4, -0.2) is 10.8 Å². The average Bonchev–Trinajstić information content (AvgIpc) is 2.90. The molecule has 1 heterocycles. The quantitative estimate of drug-likeness (QED) is 0.704. The maximum Gasteiger partial charge on any atom is 0.196 e. The van der Waals surface area contributed by atoms with Gasteiger partial charge in [-0.05, 0) is 23.3 Å². The van der Waals surface area contributed by atoms with Crippen LogP contribution in [0, 0.1) is 0 Å². The molecular formula is C20H13NO.